The van der Waals surface area contributed by atoms with E-state index in [0.717, 1.165) is 0 Å². The van der Waals surface area contributed by atoms with Crippen molar-refractivity contribution in [3.05, 3.63) is 0 Å². The molecule has 0 aliphatic rings. The fraction of sp³-hybridized carbons (Fsp3) is 0.800. The van der Waals surface area contributed by atoms with Gasteiger partial charge in [0.15, 0.2) is 0 Å². The number of halogens is 1. The molecule has 0 saturated carbocycles. The fourth-order valence-corrected chi connectivity index (χ4v) is 1.14. The molecule has 0 rings (SSSR count). The highest BCUT2D eigenvalue weighted by Crippen LogP contribution is 1.93. The SMILES string of the molecule is COC(=O)C(N)CCS(N)(=O)=O.Cl. The lowest BCUT2D eigenvalue weighted by Crippen LogP contribution is -2.34. The first-order chi connectivity index (χ1) is 5.37. The number of hydrogen-bond acceptors (Lipinski definition) is 5. The summed E-state index contributed by atoms with van der Waals surface area (Å²) in [5.74, 6) is -0.956. The van der Waals surface area contributed by atoms with Crippen LogP contribution in [-0.2, 0) is 19.6 Å². The van der Waals surface area contributed by atoms with Gasteiger partial charge in [-0.05, 0) is 6.42 Å². The molecule has 0 heterocycles. The monoisotopic (exact) mass is 232 g/mol. The van der Waals surface area contributed by atoms with Crippen LogP contribution < -0.4 is 10.9 Å². The van der Waals surface area contributed by atoms with Gasteiger partial charge in [0.25, 0.3) is 0 Å². The van der Waals surface area contributed by atoms with Gasteiger partial charge in [-0.15, -0.1) is 12.4 Å². The second-order valence-corrected chi connectivity index (χ2v) is 4.02. The third kappa shape index (κ3) is 7.97. The van der Waals surface area contributed by atoms with Crippen molar-refractivity contribution in [2.75, 3.05) is 12.9 Å². The Balaban J connectivity index is 0. The standard InChI is InChI=1S/C5H12N2O4S.ClH/c1-11-5(8)4(6)2-3-12(7,9)10;/h4H,2-3,6H2,1H3,(H2,7,9,10);1H. The Bertz CT molecular complexity index is 253. The smallest absolute Gasteiger partial charge is 0.322 e. The van der Waals surface area contributed by atoms with Crippen molar-refractivity contribution in [3.8, 4) is 0 Å². The molecule has 1 unspecified atom stereocenters. The molecule has 0 radical (unpaired) electrons. The zero-order valence-corrected chi connectivity index (χ0v) is 8.73. The number of methoxy groups -OCH3 is 1. The molecule has 0 aliphatic carbocycles. The van der Waals surface area contributed by atoms with Crippen molar-refractivity contribution in [1.29, 1.82) is 0 Å². The number of primary sulfonamides is 1. The molecule has 0 amide bonds. The largest absolute Gasteiger partial charge is 0.468 e. The van der Waals surface area contributed by atoms with Gasteiger partial charge < -0.3 is 10.5 Å². The van der Waals surface area contributed by atoms with Crippen LogP contribution >= 0.6 is 12.4 Å². The van der Waals surface area contributed by atoms with Crippen molar-refractivity contribution in [2.45, 2.75) is 12.5 Å². The summed E-state index contributed by atoms with van der Waals surface area (Å²) in [6.45, 7) is 0. The summed E-state index contributed by atoms with van der Waals surface area (Å²) in [7, 11) is -2.37. The number of nitrogens with two attached hydrogens (primary N) is 2. The lowest BCUT2D eigenvalue weighted by molar-refractivity contribution is -0.142. The van der Waals surface area contributed by atoms with Crippen LogP contribution in [0.3, 0.4) is 0 Å². The quantitative estimate of drug-likeness (QED) is 0.578. The third-order valence-electron chi connectivity index (χ3n) is 1.22. The molecule has 0 spiro atoms. The Morgan fingerprint density at radius 2 is 2.00 bits per heavy atom. The molecule has 80 valence electrons. The van der Waals surface area contributed by atoms with Gasteiger partial charge in [-0.1, -0.05) is 0 Å². The Hall–Kier alpha value is -0.370. The maximum Gasteiger partial charge on any atom is 0.322 e. The molecule has 0 aliphatic heterocycles. The van der Waals surface area contributed by atoms with Crippen LogP contribution in [0.15, 0.2) is 0 Å². The number of ether oxygens (including phenoxy) is 1. The third-order valence-corrected chi connectivity index (χ3v) is 2.02. The zero-order chi connectivity index (χ0) is 9.78. The second kappa shape index (κ2) is 6.14. The number of sulfonamides is 1. The first kappa shape index (κ1) is 15.1. The van der Waals surface area contributed by atoms with E-state index in [1.165, 1.54) is 7.11 Å². The molecular weight excluding hydrogens is 220 g/mol. The molecule has 0 fully saturated rings. The van der Waals surface area contributed by atoms with Crippen LogP contribution in [0.5, 0.6) is 0 Å². The highest BCUT2D eigenvalue weighted by Gasteiger charge is 2.15. The minimum Gasteiger partial charge on any atom is -0.468 e. The van der Waals surface area contributed by atoms with E-state index in [1.807, 2.05) is 0 Å². The minimum atomic E-state index is -3.55. The van der Waals surface area contributed by atoms with Gasteiger partial charge in [-0.3, -0.25) is 4.79 Å². The lowest BCUT2D eigenvalue weighted by Gasteiger charge is -2.06. The maximum absolute atomic E-state index is 10.6. The second-order valence-electron chi connectivity index (χ2n) is 2.29. The molecular formula is C5H13ClN2O4S. The summed E-state index contributed by atoms with van der Waals surface area (Å²) >= 11 is 0. The van der Waals surface area contributed by atoms with E-state index < -0.39 is 22.0 Å². The normalized spacial score (nSPS) is 12.8. The first-order valence-electron chi connectivity index (χ1n) is 3.20. The highest BCUT2D eigenvalue weighted by molar-refractivity contribution is 7.89. The molecule has 8 heteroatoms. The topological polar surface area (TPSA) is 112 Å². The van der Waals surface area contributed by atoms with E-state index in [0.29, 0.717) is 0 Å². The van der Waals surface area contributed by atoms with Crippen molar-refractivity contribution in [2.24, 2.45) is 10.9 Å². The highest BCUT2D eigenvalue weighted by atomic mass is 35.5. The van der Waals surface area contributed by atoms with Gasteiger partial charge in [0.05, 0.1) is 12.9 Å². The Labute approximate surface area is 83.1 Å². The predicted molar refractivity (Wildman–Crippen MR) is 49.8 cm³/mol. The molecule has 0 saturated heterocycles. The Morgan fingerprint density at radius 1 is 1.54 bits per heavy atom. The van der Waals surface area contributed by atoms with Crippen LogP contribution in [0.1, 0.15) is 6.42 Å². The van der Waals surface area contributed by atoms with Gasteiger partial charge >= 0.3 is 5.97 Å². The van der Waals surface area contributed by atoms with Crippen molar-refractivity contribution in [3.63, 3.8) is 0 Å². The number of esters is 1. The van der Waals surface area contributed by atoms with Crippen LogP contribution in [0.25, 0.3) is 0 Å². The molecule has 0 aromatic heterocycles. The number of carbonyl (C=O) groups is 1. The summed E-state index contributed by atoms with van der Waals surface area (Å²) < 4.78 is 25.1. The predicted octanol–water partition coefficient (Wildman–Crippen LogP) is -1.41. The number of rotatable bonds is 4. The molecule has 4 N–H and O–H groups in total. The van der Waals surface area contributed by atoms with E-state index >= 15 is 0 Å². The number of hydrogen-bond donors (Lipinski definition) is 2. The zero-order valence-electron chi connectivity index (χ0n) is 7.10. The molecule has 13 heavy (non-hydrogen) atoms. The van der Waals surface area contributed by atoms with E-state index in [1.54, 1.807) is 0 Å². The van der Waals surface area contributed by atoms with Crippen LogP contribution in [-0.4, -0.2) is 33.3 Å². The van der Waals surface area contributed by atoms with Crippen molar-refractivity contribution in [1.82, 2.24) is 0 Å². The van der Waals surface area contributed by atoms with Crippen molar-refractivity contribution >= 4 is 28.4 Å². The molecule has 0 bridgehead atoms. The summed E-state index contributed by atoms with van der Waals surface area (Å²) in [4.78, 5) is 10.6. The summed E-state index contributed by atoms with van der Waals surface area (Å²) in [6, 6.07) is -0.923. The molecule has 6 nitrogen and oxygen atoms in total. The van der Waals surface area contributed by atoms with Gasteiger partial charge in [0, 0.05) is 0 Å². The van der Waals surface area contributed by atoms with Crippen LogP contribution in [0.4, 0.5) is 0 Å². The molecule has 0 aromatic carbocycles. The summed E-state index contributed by atoms with van der Waals surface area (Å²) in [5.41, 5.74) is 5.24. The number of carbonyl (C=O) groups excluding carboxylic acids is 1. The first-order valence-corrected chi connectivity index (χ1v) is 4.92. The lowest BCUT2D eigenvalue weighted by atomic mass is 10.2. The van der Waals surface area contributed by atoms with Gasteiger partial charge in [0.1, 0.15) is 6.04 Å². The van der Waals surface area contributed by atoms with Gasteiger partial charge in [-0.2, -0.15) is 0 Å². The average Bonchev–Trinajstić information content (AvgIpc) is 1.97. The minimum absolute atomic E-state index is 0. The van der Waals surface area contributed by atoms with E-state index in [2.05, 4.69) is 9.88 Å². The summed E-state index contributed by atoms with van der Waals surface area (Å²) in [5, 5.41) is 4.69. The van der Waals surface area contributed by atoms with Crippen LogP contribution in [0, 0.1) is 0 Å². The van der Waals surface area contributed by atoms with Gasteiger partial charge in [0.2, 0.25) is 10.0 Å². The van der Waals surface area contributed by atoms with Crippen LogP contribution in [0.2, 0.25) is 0 Å². The fourth-order valence-electron chi connectivity index (χ4n) is 0.560. The molecule has 0 aromatic rings. The average molecular weight is 233 g/mol. The van der Waals surface area contributed by atoms with E-state index in [4.69, 9.17) is 5.73 Å². The maximum atomic E-state index is 10.6. The van der Waals surface area contributed by atoms with Crippen molar-refractivity contribution < 1.29 is 17.9 Å². The van der Waals surface area contributed by atoms with E-state index in [-0.39, 0.29) is 24.6 Å². The van der Waals surface area contributed by atoms with E-state index in [9.17, 15) is 13.2 Å². The van der Waals surface area contributed by atoms with Gasteiger partial charge in [-0.25, -0.2) is 13.6 Å². The Kier molecular flexibility index (Phi) is 7.14. The summed E-state index contributed by atoms with van der Waals surface area (Å²) in [6.07, 6.45) is -0.0223. The Morgan fingerprint density at radius 3 is 2.31 bits per heavy atom. The molecule has 1 atom stereocenters.